The average Bonchev–Trinajstić information content (AvgIpc) is 3.18. The Hall–Kier alpha value is -2.80. The predicted octanol–water partition coefficient (Wildman–Crippen LogP) is 3.15. The molecule has 7 nitrogen and oxygen atoms in total. The molecule has 1 aliphatic rings. The third-order valence-corrected chi connectivity index (χ3v) is 5.61. The number of hydrogen-bond acceptors (Lipinski definition) is 4. The van der Waals surface area contributed by atoms with Crippen LogP contribution < -0.4 is 15.5 Å². The van der Waals surface area contributed by atoms with E-state index in [1.165, 1.54) is 0 Å². The zero-order valence-electron chi connectivity index (χ0n) is 17.3. The van der Waals surface area contributed by atoms with E-state index in [0.717, 1.165) is 67.0 Å². The minimum absolute atomic E-state index is 0.321. The van der Waals surface area contributed by atoms with E-state index in [2.05, 4.69) is 38.7 Å². The van der Waals surface area contributed by atoms with Gasteiger partial charge in [-0.25, -0.2) is 0 Å². The molecule has 0 aliphatic carbocycles. The average molecular weight is 426 g/mol. The molecule has 1 fully saturated rings. The summed E-state index contributed by atoms with van der Waals surface area (Å²) >= 11 is 6.41. The van der Waals surface area contributed by atoms with E-state index in [-0.39, 0.29) is 0 Å². The number of para-hydroxylation sites is 1. The van der Waals surface area contributed by atoms with Crippen molar-refractivity contribution >= 4 is 28.9 Å². The van der Waals surface area contributed by atoms with Crippen molar-refractivity contribution in [3.8, 4) is 0 Å². The largest absolute Gasteiger partial charge is 0.368 e. The summed E-state index contributed by atoms with van der Waals surface area (Å²) in [5.74, 6) is 1.77. The Bertz CT molecular complexity index is 1000. The number of aromatic nitrogens is 3. The van der Waals surface area contributed by atoms with Crippen LogP contribution in [0.2, 0.25) is 5.02 Å². The van der Waals surface area contributed by atoms with E-state index in [9.17, 15) is 0 Å². The summed E-state index contributed by atoms with van der Waals surface area (Å²) in [7, 11) is 0. The molecule has 4 rings (SSSR count). The predicted molar refractivity (Wildman–Crippen MR) is 122 cm³/mol. The van der Waals surface area contributed by atoms with Gasteiger partial charge < -0.3 is 15.5 Å². The van der Waals surface area contributed by atoms with E-state index < -0.39 is 0 Å². The molecule has 30 heavy (non-hydrogen) atoms. The number of guanidine groups is 1. The van der Waals surface area contributed by atoms with Gasteiger partial charge in [0, 0.05) is 44.8 Å². The zero-order valence-corrected chi connectivity index (χ0v) is 18.0. The fourth-order valence-electron chi connectivity index (χ4n) is 3.86. The fourth-order valence-corrected chi connectivity index (χ4v) is 4.12. The van der Waals surface area contributed by atoms with Crippen LogP contribution in [0.5, 0.6) is 0 Å². The Labute approximate surface area is 182 Å². The number of fused-ring (bicyclic) bond motifs is 1. The highest BCUT2D eigenvalue weighted by atomic mass is 35.5. The van der Waals surface area contributed by atoms with Crippen molar-refractivity contribution in [1.29, 1.82) is 0 Å². The number of rotatable bonds is 6. The molecule has 0 bridgehead atoms. The van der Waals surface area contributed by atoms with Gasteiger partial charge in [0.05, 0.1) is 10.7 Å². The number of nitrogens with zero attached hydrogens (tertiary/aromatic N) is 5. The highest BCUT2D eigenvalue weighted by molar-refractivity contribution is 6.33. The number of anilines is 1. The third-order valence-electron chi connectivity index (χ3n) is 5.29. The van der Waals surface area contributed by atoms with Crippen molar-refractivity contribution in [3.05, 3.63) is 59.5 Å². The van der Waals surface area contributed by atoms with E-state index in [0.29, 0.717) is 12.6 Å². The van der Waals surface area contributed by atoms with Crippen LogP contribution in [0.1, 0.15) is 25.6 Å². The molecule has 2 aromatic heterocycles. The lowest BCUT2D eigenvalue weighted by atomic mass is 10.0. The molecule has 8 heteroatoms. The topological polar surface area (TPSA) is 69.8 Å². The minimum atomic E-state index is 0.321. The first-order valence-corrected chi connectivity index (χ1v) is 11.0. The van der Waals surface area contributed by atoms with Gasteiger partial charge in [-0.15, -0.1) is 10.2 Å². The van der Waals surface area contributed by atoms with Gasteiger partial charge >= 0.3 is 0 Å². The normalized spacial score (nSPS) is 17.3. The van der Waals surface area contributed by atoms with Gasteiger partial charge in [0.1, 0.15) is 5.82 Å². The molecule has 0 saturated carbocycles. The molecule has 1 unspecified atom stereocenters. The quantitative estimate of drug-likeness (QED) is 0.469. The SMILES string of the molecule is CCNC(=NCCc1nnc2ccccn12)NC1CCCN(c2ccccc2Cl)C1. The molecule has 3 heterocycles. The minimum Gasteiger partial charge on any atom is -0.368 e. The lowest BCUT2D eigenvalue weighted by Gasteiger charge is -2.35. The van der Waals surface area contributed by atoms with Gasteiger partial charge in [0.2, 0.25) is 0 Å². The van der Waals surface area contributed by atoms with Crippen molar-refractivity contribution in [2.24, 2.45) is 4.99 Å². The fraction of sp³-hybridized carbons (Fsp3) is 0.409. The number of halogens is 1. The van der Waals surface area contributed by atoms with Crippen molar-refractivity contribution in [3.63, 3.8) is 0 Å². The number of pyridine rings is 1. The van der Waals surface area contributed by atoms with Gasteiger partial charge in [-0.3, -0.25) is 9.39 Å². The standard InChI is InChI=1S/C22H28ClN7/c1-2-24-22(25-13-12-21-28-27-20-11-5-6-15-30(20)21)26-17-8-7-14-29(16-17)19-10-4-3-9-18(19)23/h3-6,9-11,15,17H,2,7-8,12-14,16H2,1H3,(H2,24,25,26). The number of hydrogen-bond donors (Lipinski definition) is 2. The van der Waals surface area contributed by atoms with Gasteiger partial charge in [-0.2, -0.15) is 0 Å². The lowest BCUT2D eigenvalue weighted by molar-refractivity contribution is 0.468. The summed E-state index contributed by atoms with van der Waals surface area (Å²) in [5.41, 5.74) is 1.97. The maximum Gasteiger partial charge on any atom is 0.191 e. The molecule has 3 aromatic rings. The molecule has 1 aliphatic heterocycles. The maximum atomic E-state index is 6.41. The first-order valence-electron chi connectivity index (χ1n) is 10.6. The summed E-state index contributed by atoms with van der Waals surface area (Å²) in [6, 6.07) is 14.3. The summed E-state index contributed by atoms with van der Waals surface area (Å²) in [6.07, 6.45) is 4.95. The number of benzene rings is 1. The summed E-state index contributed by atoms with van der Waals surface area (Å²) in [5, 5.41) is 16.3. The van der Waals surface area contributed by atoms with Crippen LogP contribution in [0.4, 0.5) is 5.69 Å². The second kappa shape index (κ2) is 9.80. The number of nitrogens with one attached hydrogen (secondary N) is 2. The van der Waals surface area contributed by atoms with E-state index in [4.69, 9.17) is 16.6 Å². The molecule has 1 atom stereocenters. The Morgan fingerprint density at radius 2 is 2.07 bits per heavy atom. The van der Waals surface area contributed by atoms with Crippen molar-refractivity contribution in [2.75, 3.05) is 31.1 Å². The Kier molecular flexibility index (Phi) is 6.69. The molecular weight excluding hydrogens is 398 g/mol. The molecule has 0 radical (unpaired) electrons. The van der Waals surface area contributed by atoms with Gasteiger partial charge in [-0.1, -0.05) is 29.8 Å². The molecule has 1 saturated heterocycles. The van der Waals surface area contributed by atoms with Crippen LogP contribution in [-0.4, -0.2) is 52.8 Å². The Balaban J connectivity index is 1.38. The molecule has 0 amide bonds. The van der Waals surface area contributed by atoms with Crippen molar-refractivity contribution < 1.29 is 0 Å². The van der Waals surface area contributed by atoms with Crippen LogP contribution in [0.25, 0.3) is 5.65 Å². The number of piperidine rings is 1. The van der Waals surface area contributed by atoms with E-state index in [1.807, 2.05) is 47.0 Å². The summed E-state index contributed by atoms with van der Waals surface area (Å²) in [4.78, 5) is 7.13. The van der Waals surface area contributed by atoms with Crippen LogP contribution in [0.3, 0.4) is 0 Å². The molecule has 0 spiro atoms. The van der Waals surface area contributed by atoms with Crippen LogP contribution >= 0.6 is 11.6 Å². The monoisotopic (exact) mass is 425 g/mol. The molecule has 2 N–H and O–H groups in total. The van der Waals surface area contributed by atoms with Crippen LogP contribution in [-0.2, 0) is 6.42 Å². The maximum absolute atomic E-state index is 6.41. The second-order valence-electron chi connectivity index (χ2n) is 7.44. The van der Waals surface area contributed by atoms with Crippen LogP contribution in [0.15, 0.2) is 53.7 Å². The molecule has 1 aromatic carbocycles. The Morgan fingerprint density at radius 1 is 1.20 bits per heavy atom. The van der Waals surface area contributed by atoms with Crippen molar-refractivity contribution in [2.45, 2.75) is 32.2 Å². The highest BCUT2D eigenvalue weighted by Crippen LogP contribution is 2.27. The summed E-state index contributed by atoms with van der Waals surface area (Å²) in [6.45, 7) is 5.48. The lowest BCUT2D eigenvalue weighted by Crippen LogP contribution is -2.51. The van der Waals surface area contributed by atoms with Gasteiger partial charge in [-0.05, 0) is 44.0 Å². The number of aliphatic imine (C=N–C) groups is 1. The third kappa shape index (κ3) is 4.84. The highest BCUT2D eigenvalue weighted by Gasteiger charge is 2.22. The summed E-state index contributed by atoms with van der Waals surface area (Å²) < 4.78 is 2.01. The first kappa shape index (κ1) is 20.5. The first-order chi connectivity index (χ1) is 14.7. The molecular formula is C22H28ClN7. The molecule has 158 valence electrons. The van der Waals surface area contributed by atoms with Crippen LogP contribution in [0, 0.1) is 0 Å². The smallest absolute Gasteiger partial charge is 0.191 e. The van der Waals surface area contributed by atoms with E-state index in [1.54, 1.807) is 0 Å². The Morgan fingerprint density at radius 3 is 2.93 bits per heavy atom. The van der Waals surface area contributed by atoms with Gasteiger partial charge in [0.15, 0.2) is 11.6 Å². The van der Waals surface area contributed by atoms with Gasteiger partial charge in [0.25, 0.3) is 0 Å². The van der Waals surface area contributed by atoms with Crippen molar-refractivity contribution in [1.82, 2.24) is 25.2 Å². The zero-order chi connectivity index (χ0) is 20.8. The second-order valence-corrected chi connectivity index (χ2v) is 7.84. The van der Waals surface area contributed by atoms with E-state index >= 15 is 0 Å².